The van der Waals surface area contributed by atoms with E-state index in [2.05, 4.69) is 32.2 Å². The van der Waals surface area contributed by atoms with Gasteiger partial charge in [0.15, 0.2) is 5.78 Å². The molecule has 108 valence electrons. The van der Waals surface area contributed by atoms with Crippen LogP contribution in [-0.2, 0) is 0 Å². The van der Waals surface area contributed by atoms with E-state index < -0.39 is 0 Å². The Hall–Kier alpha value is -2.67. The lowest BCUT2D eigenvalue weighted by molar-refractivity contribution is 0.103. The lowest BCUT2D eigenvalue weighted by atomic mass is 9.78. The van der Waals surface area contributed by atoms with Crippen LogP contribution >= 0.6 is 0 Å². The number of Topliss-reactive ketones (excluding diaryl/α,β-unsaturated/α-hetero) is 1. The predicted molar refractivity (Wildman–Crippen MR) is 92.7 cm³/mol. The third-order valence-electron chi connectivity index (χ3n) is 4.22. The SMILES string of the molecule is C=C(C1=C(C)C(=O)c2ccccc2C1=C)c1ccc(C)cc1. The van der Waals surface area contributed by atoms with Gasteiger partial charge >= 0.3 is 0 Å². The molecule has 2 aromatic carbocycles. The molecule has 0 spiro atoms. The van der Waals surface area contributed by atoms with Crippen LogP contribution in [0.15, 0.2) is 72.8 Å². The molecule has 0 aromatic heterocycles. The number of benzene rings is 2. The third kappa shape index (κ3) is 2.15. The maximum absolute atomic E-state index is 12.6. The van der Waals surface area contributed by atoms with E-state index in [0.717, 1.165) is 33.4 Å². The molecule has 1 nitrogen and oxygen atoms in total. The highest BCUT2D eigenvalue weighted by Gasteiger charge is 2.27. The summed E-state index contributed by atoms with van der Waals surface area (Å²) >= 11 is 0. The maximum Gasteiger partial charge on any atom is 0.189 e. The number of carbonyl (C=O) groups excluding carboxylic acids is 1. The van der Waals surface area contributed by atoms with Crippen molar-refractivity contribution >= 4 is 16.9 Å². The summed E-state index contributed by atoms with van der Waals surface area (Å²) in [6.07, 6.45) is 0. The molecule has 22 heavy (non-hydrogen) atoms. The van der Waals surface area contributed by atoms with E-state index in [4.69, 9.17) is 0 Å². The lowest BCUT2D eigenvalue weighted by Gasteiger charge is -2.24. The molecule has 0 saturated carbocycles. The maximum atomic E-state index is 12.6. The number of allylic oxidation sites excluding steroid dienone is 4. The fourth-order valence-corrected chi connectivity index (χ4v) is 2.93. The summed E-state index contributed by atoms with van der Waals surface area (Å²) in [5.74, 6) is 0.0614. The highest BCUT2D eigenvalue weighted by atomic mass is 16.1. The molecule has 0 N–H and O–H groups in total. The standard InChI is InChI=1S/C21H18O/c1-13-9-11-17(12-10-13)14(2)20-15(3)18-7-5-6-8-19(18)21(22)16(20)4/h5-12H,2-3H2,1,4H3. The Labute approximate surface area is 131 Å². The molecule has 0 unspecified atom stereocenters. The molecule has 0 saturated heterocycles. The second-order valence-electron chi connectivity index (χ2n) is 5.70. The summed E-state index contributed by atoms with van der Waals surface area (Å²) in [5, 5.41) is 0. The van der Waals surface area contributed by atoms with Crippen LogP contribution in [-0.4, -0.2) is 5.78 Å². The number of hydrogen-bond donors (Lipinski definition) is 0. The Morgan fingerprint density at radius 3 is 2.14 bits per heavy atom. The minimum Gasteiger partial charge on any atom is -0.289 e. The zero-order valence-corrected chi connectivity index (χ0v) is 12.9. The second-order valence-corrected chi connectivity index (χ2v) is 5.70. The molecule has 0 fully saturated rings. The van der Waals surface area contributed by atoms with Gasteiger partial charge in [-0.15, -0.1) is 0 Å². The summed E-state index contributed by atoms with van der Waals surface area (Å²) in [6, 6.07) is 15.8. The van der Waals surface area contributed by atoms with Crippen molar-refractivity contribution in [2.75, 3.05) is 0 Å². The topological polar surface area (TPSA) is 17.1 Å². The van der Waals surface area contributed by atoms with Gasteiger partial charge in [-0.1, -0.05) is 67.3 Å². The molecular formula is C21H18O. The molecule has 2 aromatic rings. The molecule has 0 atom stereocenters. The minimum absolute atomic E-state index is 0.0614. The first-order valence-corrected chi connectivity index (χ1v) is 7.31. The van der Waals surface area contributed by atoms with Crippen molar-refractivity contribution in [3.63, 3.8) is 0 Å². The fourth-order valence-electron chi connectivity index (χ4n) is 2.93. The first-order chi connectivity index (χ1) is 10.5. The molecule has 0 aliphatic heterocycles. The van der Waals surface area contributed by atoms with Crippen LogP contribution in [0.25, 0.3) is 11.1 Å². The van der Waals surface area contributed by atoms with Gasteiger partial charge in [0, 0.05) is 11.1 Å². The molecule has 1 aliphatic rings. The van der Waals surface area contributed by atoms with E-state index in [9.17, 15) is 4.79 Å². The van der Waals surface area contributed by atoms with Crippen LogP contribution in [0.1, 0.15) is 34.0 Å². The average Bonchev–Trinajstić information content (AvgIpc) is 2.53. The van der Waals surface area contributed by atoms with E-state index in [-0.39, 0.29) is 5.78 Å². The van der Waals surface area contributed by atoms with Gasteiger partial charge in [0.25, 0.3) is 0 Å². The number of fused-ring (bicyclic) bond motifs is 1. The van der Waals surface area contributed by atoms with E-state index in [1.54, 1.807) is 0 Å². The average molecular weight is 286 g/mol. The highest BCUT2D eigenvalue weighted by Crippen LogP contribution is 2.40. The largest absolute Gasteiger partial charge is 0.289 e. The van der Waals surface area contributed by atoms with Gasteiger partial charge in [-0.05, 0) is 41.7 Å². The fraction of sp³-hybridized carbons (Fsp3) is 0.0952. The quantitative estimate of drug-likeness (QED) is 0.738. The Balaban J connectivity index is 2.12. The Kier molecular flexibility index (Phi) is 3.42. The summed E-state index contributed by atoms with van der Waals surface area (Å²) in [7, 11) is 0. The van der Waals surface area contributed by atoms with Gasteiger partial charge in [-0.2, -0.15) is 0 Å². The molecule has 0 amide bonds. The van der Waals surface area contributed by atoms with Crippen LogP contribution in [0.3, 0.4) is 0 Å². The smallest absolute Gasteiger partial charge is 0.189 e. The zero-order valence-electron chi connectivity index (χ0n) is 12.9. The van der Waals surface area contributed by atoms with Crippen LogP contribution in [0.5, 0.6) is 0 Å². The van der Waals surface area contributed by atoms with E-state index in [1.165, 1.54) is 5.56 Å². The summed E-state index contributed by atoms with van der Waals surface area (Å²) < 4.78 is 0. The molecule has 1 heteroatoms. The van der Waals surface area contributed by atoms with Gasteiger partial charge < -0.3 is 0 Å². The van der Waals surface area contributed by atoms with Crippen molar-refractivity contribution in [3.8, 4) is 0 Å². The second kappa shape index (κ2) is 5.27. The van der Waals surface area contributed by atoms with Crippen molar-refractivity contribution in [2.45, 2.75) is 13.8 Å². The third-order valence-corrected chi connectivity index (χ3v) is 4.22. The monoisotopic (exact) mass is 286 g/mol. The van der Waals surface area contributed by atoms with E-state index >= 15 is 0 Å². The molecular weight excluding hydrogens is 268 g/mol. The van der Waals surface area contributed by atoms with Gasteiger partial charge in [0.2, 0.25) is 0 Å². The Morgan fingerprint density at radius 2 is 1.50 bits per heavy atom. The van der Waals surface area contributed by atoms with Crippen LogP contribution < -0.4 is 0 Å². The highest BCUT2D eigenvalue weighted by molar-refractivity contribution is 6.20. The summed E-state index contributed by atoms with van der Waals surface area (Å²) in [6.45, 7) is 12.3. The molecule has 3 rings (SSSR count). The van der Waals surface area contributed by atoms with Crippen LogP contribution in [0.4, 0.5) is 0 Å². The lowest BCUT2D eigenvalue weighted by Crippen LogP contribution is -2.14. The van der Waals surface area contributed by atoms with Gasteiger partial charge in [-0.25, -0.2) is 0 Å². The summed E-state index contributed by atoms with van der Waals surface area (Å²) in [4.78, 5) is 12.6. The number of carbonyl (C=O) groups is 1. The van der Waals surface area contributed by atoms with Gasteiger partial charge in [0.1, 0.15) is 0 Å². The van der Waals surface area contributed by atoms with Crippen molar-refractivity contribution in [1.82, 2.24) is 0 Å². The van der Waals surface area contributed by atoms with Gasteiger partial charge in [-0.3, -0.25) is 4.79 Å². The number of aryl methyl sites for hydroxylation is 1. The normalized spacial score (nSPS) is 14.1. The van der Waals surface area contributed by atoms with Crippen molar-refractivity contribution < 1.29 is 4.79 Å². The predicted octanol–water partition coefficient (Wildman–Crippen LogP) is 5.23. The van der Waals surface area contributed by atoms with Gasteiger partial charge in [0.05, 0.1) is 0 Å². The zero-order chi connectivity index (χ0) is 15.9. The van der Waals surface area contributed by atoms with Crippen molar-refractivity contribution in [2.24, 2.45) is 0 Å². The number of ketones is 1. The van der Waals surface area contributed by atoms with Crippen molar-refractivity contribution in [1.29, 1.82) is 0 Å². The first-order valence-electron chi connectivity index (χ1n) is 7.31. The molecule has 0 radical (unpaired) electrons. The molecule has 0 heterocycles. The number of hydrogen-bond acceptors (Lipinski definition) is 1. The van der Waals surface area contributed by atoms with Crippen LogP contribution in [0, 0.1) is 6.92 Å². The Morgan fingerprint density at radius 1 is 0.909 bits per heavy atom. The Bertz CT molecular complexity index is 832. The summed E-state index contributed by atoms with van der Waals surface area (Å²) in [5.41, 5.74) is 7.16. The molecule has 0 bridgehead atoms. The van der Waals surface area contributed by atoms with Crippen molar-refractivity contribution in [3.05, 3.63) is 95.1 Å². The minimum atomic E-state index is 0.0614. The first kappa shape index (κ1) is 14.3. The molecule has 1 aliphatic carbocycles. The number of rotatable bonds is 2. The van der Waals surface area contributed by atoms with E-state index in [0.29, 0.717) is 5.57 Å². The van der Waals surface area contributed by atoms with E-state index in [1.807, 2.05) is 43.3 Å². The van der Waals surface area contributed by atoms with Crippen LogP contribution in [0.2, 0.25) is 0 Å².